The summed E-state index contributed by atoms with van der Waals surface area (Å²) in [7, 11) is 0. The Labute approximate surface area is 128 Å². The van der Waals surface area contributed by atoms with Gasteiger partial charge in [-0.3, -0.25) is 4.90 Å². The third-order valence-corrected chi connectivity index (χ3v) is 4.04. The first-order chi connectivity index (χ1) is 10.1. The molecule has 0 aliphatic heterocycles. The van der Waals surface area contributed by atoms with E-state index in [2.05, 4.69) is 62.1 Å². The van der Waals surface area contributed by atoms with Crippen molar-refractivity contribution in [2.45, 2.75) is 38.9 Å². The highest BCUT2D eigenvalue weighted by molar-refractivity contribution is 5.23. The van der Waals surface area contributed by atoms with E-state index < -0.39 is 0 Å². The number of nitrogens with zero attached hydrogens (tertiary/aromatic N) is 1. The topological polar surface area (TPSA) is 23.5 Å². The Balaban J connectivity index is 2.33. The molecule has 2 heteroatoms. The van der Waals surface area contributed by atoms with Gasteiger partial charge in [-0.05, 0) is 31.9 Å². The summed E-state index contributed by atoms with van der Waals surface area (Å²) >= 11 is 0. The van der Waals surface area contributed by atoms with E-state index in [1.165, 1.54) is 5.56 Å². The lowest BCUT2D eigenvalue weighted by Gasteiger charge is -2.39. The van der Waals surface area contributed by atoms with Crippen molar-refractivity contribution in [1.29, 1.82) is 0 Å². The summed E-state index contributed by atoms with van der Waals surface area (Å²) in [6.45, 7) is 6.70. The summed E-state index contributed by atoms with van der Waals surface area (Å²) in [4.78, 5) is 2.38. The van der Waals surface area contributed by atoms with Gasteiger partial charge in [0.2, 0.25) is 0 Å². The Morgan fingerprint density at radius 1 is 0.810 bits per heavy atom. The van der Waals surface area contributed by atoms with Gasteiger partial charge >= 0.3 is 0 Å². The monoisotopic (exact) mass is 283 g/mol. The van der Waals surface area contributed by atoms with E-state index in [-0.39, 0.29) is 18.7 Å². The molecule has 0 aliphatic rings. The molecule has 0 saturated heterocycles. The van der Waals surface area contributed by atoms with Crippen molar-refractivity contribution in [3.05, 3.63) is 71.8 Å². The van der Waals surface area contributed by atoms with Gasteiger partial charge in [0.25, 0.3) is 0 Å². The van der Waals surface area contributed by atoms with Gasteiger partial charge in [0.15, 0.2) is 0 Å². The van der Waals surface area contributed by atoms with Crippen LogP contribution in [0.4, 0.5) is 0 Å². The highest BCUT2D eigenvalue weighted by Gasteiger charge is 2.27. The zero-order valence-corrected chi connectivity index (χ0v) is 13.1. The summed E-state index contributed by atoms with van der Waals surface area (Å²) in [5, 5.41) is 9.95. The maximum atomic E-state index is 9.95. The number of rotatable bonds is 6. The van der Waals surface area contributed by atoms with Crippen molar-refractivity contribution in [3.8, 4) is 0 Å². The SMILES string of the molecule is CC(C)N([C@@H](C)c1ccccc1)[C@@H](CO)c1ccccc1. The maximum Gasteiger partial charge on any atom is 0.0628 e. The molecule has 112 valence electrons. The first kappa shape index (κ1) is 15.7. The van der Waals surface area contributed by atoms with Crippen LogP contribution in [0.25, 0.3) is 0 Å². The van der Waals surface area contributed by atoms with Gasteiger partial charge in [0.05, 0.1) is 12.6 Å². The fourth-order valence-corrected chi connectivity index (χ4v) is 3.03. The predicted molar refractivity (Wildman–Crippen MR) is 88.1 cm³/mol. The first-order valence-corrected chi connectivity index (χ1v) is 7.63. The van der Waals surface area contributed by atoms with Crippen molar-refractivity contribution in [2.75, 3.05) is 6.61 Å². The van der Waals surface area contributed by atoms with Crippen molar-refractivity contribution < 1.29 is 5.11 Å². The lowest BCUT2D eigenvalue weighted by atomic mass is 9.98. The minimum Gasteiger partial charge on any atom is -0.394 e. The second kappa shape index (κ2) is 7.39. The molecule has 2 atom stereocenters. The molecular formula is C19H25NO. The van der Waals surface area contributed by atoms with E-state index in [0.717, 1.165) is 5.56 Å². The van der Waals surface area contributed by atoms with Crippen LogP contribution in [0.15, 0.2) is 60.7 Å². The number of hydrogen-bond acceptors (Lipinski definition) is 2. The standard InChI is InChI=1S/C19H25NO/c1-15(2)20(16(3)17-10-6-4-7-11-17)19(14-21)18-12-8-5-9-13-18/h4-13,15-16,19,21H,14H2,1-3H3/t16-,19-/m0/s1. The van der Waals surface area contributed by atoms with Crippen molar-refractivity contribution >= 4 is 0 Å². The van der Waals surface area contributed by atoms with Crippen LogP contribution in [0.1, 0.15) is 44.0 Å². The fraction of sp³-hybridized carbons (Fsp3) is 0.368. The second-order valence-corrected chi connectivity index (χ2v) is 5.74. The van der Waals surface area contributed by atoms with Crippen LogP contribution in [0.2, 0.25) is 0 Å². The Morgan fingerprint density at radius 2 is 1.29 bits per heavy atom. The molecule has 0 radical (unpaired) electrons. The maximum absolute atomic E-state index is 9.95. The summed E-state index contributed by atoms with van der Waals surface area (Å²) in [6.07, 6.45) is 0. The van der Waals surface area contributed by atoms with Crippen molar-refractivity contribution in [3.63, 3.8) is 0 Å². The van der Waals surface area contributed by atoms with Gasteiger partial charge in [-0.2, -0.15) is 0 Å². The van der Waals surface area contributed by atoms with Crippen molar-refractivity contribution in [1.82, 2.24) is 4.90 Å². The molecule has 0 amide bonds. The highest BCUT2D eigenvalue weighted by Crippen LogP contribution is 2.32. The lowest BCUT2D eigenvalue weighted by Crippen LogP contribution is -2.38. The molecule has 0 bridgehead atoms. The number of aliphatic hydroxyl groups excluding tert-OH is 1. The van der Waals surface area contributed by atoms with E-state index in [0.29, 0.717) is 6.04 Å². The van der Waals surface area contributed by atoms with Gasteiger partial charge in [0.1, 0.15) is 0 Å². The van der Waals surface area contributed by atoms with Crippen LogP contribution < -0.4 is 0 Å². The zero-order valence-electron chi connectivity index (χ0n) is 13.1. The number of hydrogen-bond donors (Lipinski definition) is 1. The molecule has 0 saturated carbocycles. The third kappa shape index (κ3) is 3.72. The molecule has 1 N–H and O–H groups in total. The van der Waals surface area contributed by atoms with Crippen LogP contribution >= 0.6 is 0 Å². The van der Waals surface area contributed by atoms with Crippen LogP contribution in [0.3, 0.4) is 0 Å². The van der Waals surface area contributed by atoms with Crippen LogP contribution in [0.5, 0.6) is 0 Å². The fourth-order valence-electron chi connectivity index (χ4n) is 3.03. The van der Waals surface area contributed by atoms with Gasteiger partial charge in [-0.1, -0.05) is 60.7 Å². The molecule has 2 aromatic rings. The number of benzene rings is 2. The molecule has 21 heavy (non-hydrogen) atoms. The third-order valence-electron chi connectivity index (χ3n) is 4.04. The molecule has 2 rings (SSSR count). The first-order valence-electron chi connectivity index (χ1n) is 7.63. The molecule has 0 heterocycles. The lowest BCUT2D eigenvalue weighted by molar-refractivity contribution is 0.0598. The zero-order chi connectivity index (χ0) is 15.2. The number of aliphatic hydroxyl groups is 1. The Morgan fingerprint density at radius 3 is 1.71 bits per heavy atom. The quantitative estimate of drug-likeness (QED) is 0.859. The van der Waals surface area contributed by atoms with Crippen molar-refractivity contribution in [2.24, 2.45) is 0 Å². The summed E-state index contributed by atoms with van der Waals surface area (Å²) < 4.78 is 0. The molecule has 0 fully saturated rings. The van der Waals surface area contributed by atoms with Gasteiger partial charge < -0.3 is 5.11 Å². The van der Waals surface area contributed by atoms with E-state index in [9.17, 15) is 5.11 Å². The van der Waals surface area contributed by atoms with Crippen LogP contribution in [-0.2, 0) is 0 Å². The summed E-state index contributed by atoms with van der Waals surface area (Å²) in [6, 6.07) is 21.4. The Bertz CT molecular complexity index is 524. The molecule has 0 unspecified atom stereocenters. The normalized spacial score (nSPS) is 14.4. The average molecular weight is 283 g/mol. The van der Waals surface area contributed by atoms with Gasteiger partial charge in [0, 0.05) is 12.1 Å². The van der Waals surface area contributed by atoms with Gasteiger partial charge in [-0.25, -0.2) is 0 Å². The minimum atomic E-state index is 0.0152. The Kier molecular flexibility index (Phi) is 5.54. The largest absolute Gasteiger partial charge is 0.394 e. The molecule has 0 aromatic heterocycles. The van der Waals surface area contributed by atoms with Crippen LogP contribution in [-0.4, -0.2) is 22.7 Å². The van der Waals surface area contributed by atoms with E-state index in [1.54, 1.807) is 0 Å². The predicted octanol–water partition coefficient (Wildman–Crippen LogP) is 4.19. The molecule has 0 aliphatic carbocycles. The summed E-state index contributed by atoms with van der Waals surface area (Å²) in [5.74, 6) is 0. The Hall–Kier alpha value is -1.64. The molecular weight excluding hydrogens is 258 g/mol. The van der Waals surface area contributed by atoms with E-state index in [4.69, 9.17) is 0 Å². The average Bonchev–Trinajstić information content (AvgIpc) is 2.53. The second-order valence-electron chi connectivity index (χ2n) is 5.74. The van der Waals surface area contributed by atoms with Crippen LogP contribution in [0, 0.1) is 0 Å². The van der Waals surface area contributed by atoms with E-state index in [1.807, 2.05) is 24.3 Å². The summed E-state index contributed by atoms with van der Waals surface area (Å²) in [5.41, 5.74) is 2.44. The molecule has 2 nitrogen and oxygen atoms in total. The molecule has 2 aromatic carbocycles. The smallest absolute Gasteiger partial charge is 0.0628 e. The highest BCUT2D eigenvalue weighted by atomic mass is 16.3. The van der Waals surface area contributed by atoms with Gasteiger partial charge in [-0.15, -0.1) is 0 Å². The minimum absolute atomic E-state index is 0.0152. The molecule has 0 spiro atoms. The van der Waals surface area contributed by atoms with E-state index >= 15 is 0 Å².